The standard InChI is InChI=1S/C30H35N5O3.ClH/c1-32-28-27(29(36)33(2)30(32)37)34(20-31-28)15-16-35-23-13-14-24(35)18-25(17-23)38-19-26(21-9-5-3-6-10-21)22-11-7-4-8-12-22;/h3-12,20,23-26H,13-19H2,1-2H3;1H. The van der Waals surface area contributed by atoms with Gasteiger partial charge in [0, 0.05) is 45.7 Å². The highest BCUT2D eigenvalue weighted by molar-refractivity contribution is 5.69. The van der Waals surface area contributed by atoms with Gasteiger partial charge in [-0.1, -0.05) is 60.7 Å². The summed E-state index contributed by atoms with van der Waals surface area (Å²) in [5.74, 6) is 0.230. The number of hydrogen-bond acceptors (Lipinski definition) is 4. The summed E-state index contributed by atoms with van der Waals surface area (Å²) in [6.45, 7) is 2.34. The van der Waals surface area contributed by atoms with E-state index in [1.54, 1.807) is 18.3 Å². The highest BCUT2D eigenvalue weighted by Gasteiger charge is 2.44. The molecule has 0 spiro atoms. The van der Waals surface area contributed by atoms with E-state index >= 15 is 0 Å². The Labute approximate surface area is 234 Å². The average molecular weight is 550 g/mol. The van der Waals surface area contributed by atoms with Crippen LogP contribution in [0.3, 0.4) is 0 Å². The number of quaternary nitrogens is 1. The van der Waals surface area contributed by atoms with Gasteiger partial charge in [0.15, 0.2) is 11.2 Å². The number of aromatic nitrogens is 4. The molecule has 2 aliphatic heterocycles. The van der Waals surface area contributed by atoms with Crippen molar-refractivity contribution in [1.82, 2.24) is 18.7 Å². The van der Waals surface area contributed by atoms with E-state index in [0.717, 1.165) is 24.0 Å². The summed E-state index contributed by atoms with van der Waals surface area (Å²) in [6.07, 6.45) is 6.58. The Hall–Kier alpha value is -3.20. The Morgan fingerprint density at radius 1 is 0.923 bits per heavy atom. The molecular formula is C30H36ClN5O3. The summed E-state index contributed by atoms with van der Waals surface area (Å²) in [5, 5.41) is 0. The second kappa shape index (κ2) is 11.5. The molecule has 2 bridgehead atoms. The fourth-order valence-electron chi connectivity index (χ4n) is 6.72. The minimum absolute atomic E-state index is 0. The van der Waals surface area contributed by atoms with Crippen molar-refractivity contribution < 1.29 is 22.0 Å². The predicted octanol–water partition coefficient (Wildman–Crippen LogP) is -1.14. The van der Waals surface area contributed by atoms with Crippen LogP contribution in [0.2, 0.25) is 0 Å². The summed E-state index contributed by atoms with van der Waals surface area (Å²) in [7, 11) is 3.19. The van der Waals surface area contributed by atoms with E-state index in [-0.39, 0.29) is 35.7 Å². The van der Waals surface area contributed by atoms with Gasteiger partial charge < -0.3 is 26.6 Å². The molecular weight excluding hydrogens is 514 g/mol. The lowest BCUT2D eigenvalue weighted by molar-refractivity contribution is -0.943. The van der Waals surface area contributed by atoms with Crippen LogP contribution >= 0.6 is 0 Å². The molecule has 2 fully saturated rings. The van der Waals surface area contributed by atoms with Crippen LogP contribution in [-0.4, -0.2) is 50.0 Å². The third-order valence-corrected chi connectivity index (χ3v) is 8.77. The number of imidazole rings is 1. The molecule has 2 aliphatic rings. The second-order valence-corrected chi connectivity index (χ2v) is 10.9. The maximum atomic E-state index is 12.8. The van der Waals surface area contributed by atoms with E-state index in [4.69, 9.17) is 4.74 Å². The lowest BCUT2D eigenvalue weighted by Crippen LogP contribution is -3.18. The Kier molecular flexibility index (Phi) is 8.07. The van der Waals surface area contributed by atoms with Gasteiger partial charge in [0.2, 0.25) is 0 Å². The van der Waals surface area contributed by atoms with E-state index in [1.807, 2.05) is 4.57 Å². The topological polar surface area (TPSA) is 75.5 Å². The Bertz CT molecular complexity index is 1480. The minimum Gasteiger partial charge on any atom is -1.00 e. The highest BCUT2D eigenvalue weighted by Crippen LogP contribution is 2.29. The summed E-state index contributed by atoms with van der Waals surface area (Å²) in [4.78, 5) is 31.1. The molecule has 206 valence electrons. The summed E-state index contributed by atoms with van der Waals surface area (Å²) in [6, 6.07) is 22.5. The van der Waals surface area contributed by atoms with Gasteiger partial charge in [-0.25, -0.2) is 9.78 Å². The van der Waals surface area contributed by atoms with Crippen molar-refractivity contribution in [2.24, 2.45) is 14.1 Å². The fraction of sp³-hybridized carbons (Fsp3) is 0.433. The zero-order valence-corrected chi connectivity index (χ0v) is 23.3. The maximum Gasteiger partial charge on any atom is 0.332 e. The van der Waals surface area contributed by atoms with Crippen molar-refractivity contribution in [2.45, 2.75) is 56.3 Å². The van der Waals surface area contributed by atoms with Crippen LogP contribution in [0.5, 0.6) is 0 Å². The van der Waals surface area contributed by atoms with Gasteiger partial charge in [0.25, 0.3) is 5.56 Å². The Balaban J connectivity index is 0.00000308. The van der Waals surface area contributed by atoms with Crippen LogP contribution in [0.25, 0.3) is 11.2 Å². The first-order valence-electron chi connectivity index (χ1n) is 13.7. The number of nitrogens with one attached hydrogen (secondary N) is 1. The number of ether oxygens (including phenoxy) is 1. The van der Waals surface area contributed by atoms with Gasteiger partial charge in [0.05, 0.1) is 44.2 Å². The smallest absolute Gasteiger partial charge is 0.332 e. The zero-order valence-electron chi connectivity index (χ0n) is 22.5. The van der Waals surface area contributed by atoms with Crippen molar-refractivity contribution in [3.63, 3.8) is 0 Å². The van der Waals surface area contributed by atoms with Gasteiger partial charge in [0.1, 0.15) is 0 Å². The van der Waals surface area contributed by atoms with E-state index in [0.29, 0.717) is 36.4 Å². The largest absolute Gasteiger partial charge is 1.00 e. The summed E-state index contributed by atoms with van der Waals surface area (Å²) < 4.78 is 11.2. The Morgan fingerprint density at radius 2 is 1.51 bits per heavy atom. The van der Waals surface area contributed by atoms with E-state index in [1.165, 1.54) is 35.6 Å². The van der Waals surface area contributed by atoms with Gasteiger partial charge in [-0.05, 0) is 11.1 Å². The van der Waals surface area contributed by atoms with E-state index < -0.39 is 0 Å². The number of nitrogens with zero attached hydrogens (tertiary/aromatic N) is 4. The number of benzene rings is 2. The van der Waals surface area contributed by atoms with Gasteiger partial charge >= 0.3 is 5.69 Å². The van der Waals surface area contributed by atoms with Crippen LogP contribution in [0.15, 0.2) is 76.6 Å². The molecule has 6 rings (SSSR count). The molecule has 2 atom stereocenters. The molecule has 1 N–H and O–H groups in total. The van der Waals surface area contributed by atoms with Crippen LogP contribution in [-0.2, 0) is 25.4 Å². The number of piperidine rings is 1. The molecule has 2 saturated heterocycles. The van der Waals surface area contributed by atoms with Gasteiger partial charge in [-0.3, -0.25) is 13.9 Å². The lowest BCUT2D eigenvalue weighted by atomic mass is 9.92. The van der Waals surface area contributed by atoms with Crippen molar-refractivity contribution in [1.29, 1.82) is 0 Å². The third-order valence-electron chi connectivity index (χ3n) is 8.77. The van der Waals surface area contributed by atoms with Crippen molar-refractivity contribution in [3.05, 3.63) is 99.0 Å². The molecule has 0 aliphatic carbocycles. The molecule has 0 radical (unpaired) electrons. The van der Waals surface area contributed by atoms with Crippen molar-refractivity contribution in [2.75, 3.05) is 13.2 Å². The fourth-order valence-corrected chi connectivity index (χ4v) is 6.72. The molecule has 9 heteroatoms. The van der Waals surface area contributed by atoms with E-state index in [2.05, 4.69) is 65.6 Å². The Morgan fingerprint density at radius 3 is 2.10 bits per heavy atom. The van der Waals surface area contributed by atoms with Crippen LogP contribution in [0, 0.1) is 0 Å². The normalized spacial score (nSPS) is 22.3. The van der Waals surface area contributed by atoms with Crippen LogP contribution in [0.1, 0.15) is 42.7 Å². The molecule has 2 aromatic heterocycles. The van der Waals surface area contributed by atoms with Gasteiger partial charge in [-0.2, -0.15) is 0 Å². The zero-order chi connectivity index (χ0) is 26.2. The molecule has 0 saturated carbocycles. The monoisotopic (exact) mass is 549 g/mol. The molecule has 4 aromatic rings. The average Bonchev–Trinajstić information content (AvgIpc) is 3.48. The predicted molar refractivity (Wildman–Crippen MR) is 147 cm³/mol. The molecule has 2 aromatic carbocycles. The van der Waals surface area contributed by atoms with Crippen molar-refractivity contribution >= 4 is 11.2 Å². The van der Waals surface area contributed by atoms with Crippen LogP contribution < -0.4 is 28.6 Å². The quantitative estimate of drug-likeness (QED) is 0.302. The first-order valence-corrected chi connectivity index (χ1v) is 13.7. The summed E-state index contributed by atoms with van der Waals surface area (Å²) >= 11 is 0. The molecule has 39 heavy (non-hydrogen) atoms. The second-order valence-electron chi connectivity index (χ2n) is 10.9. The lowest BCUT2D eigenvalue weighted by Gasteiger charge is -2.36. The molecule has 8 nitrogen and oxygen atoms in total. The van der Waals surface area contributed by atoms with E-state index in [9.17, 15) is 9.59 Å². The van der Waals surface area contributed by atoms with Crippen molar-refractivity contribution in [3.8, 4) is 0 Å². The number of aryl methyl sites for hydroxylation is 1. The molecule has 2 unspecified atom stereocenters. The molecule has 0 amide bonds. The number of hydrogen-bond donors (Lipinski definition) is 1. The van der Waals surface area contributed by atoms with Gasteiger partial charge in [-0.15, -0.1) is 0 Å². The highest BCUT2D eigenvalue weighted by atomic mass is 35.5. The molecule has 4 heterocycles. The number of rotatable bonds is 8. The first kappa shape index (κ1) is 27.4. The number of halogens is 1. The number of fused-ring (bicyclic) bond motifs is 3. The SMILES string of the molecule is Cn1c(=O)c2c(ncn2CC[NH+]2C3CCC2CC(OCC(c2ccccc2)c2ccccc2)C3)n(C)c1=O.[Cl-]. The minimum atomic E-state index is -0.347. The third kappa shape index (κ3) is 5.21. The van der Waals surface area contributed by atoms with Crippen LogP contribution in [0.4, 0.5) is 0 Å². The maximum absolute atomic E-state index is 12.8. The summed E-state index contributed by atoms with van der Waals surface area (Å²) in [5.41, 5.74) is 2.92. The first-order chi connectivity index (χ1) is 18.5.